The van der Waals surface area contributed by atoms with Gasteiger partial charge in [-0.15, -0.1) is 0 Å². The maximum Gasteiger partial charge on any atom is 0.251 e. The standard InChI is InChI=1S/C18H25N3O2/c22-17(9-10-19-18(23)15-6-2-1-3-7-15)21-13-5-12-20-11-4-8-16(20)14-21/h1-3,6-7,16H,4-5,8-14H2,(H,19,23). The van der Waals surface area contributed by atoms with Gasteiger partial charge in [0.15, 0.2) is 0 Å². The molecule has 2 amide bonds. The predicted octanol–water partition coefficient (Wildman–Crippen LogP) is 1.50. The first-order chi connectivity index (χ1) is 11.2. The number of amides is 2. The lowest BCUT2D eigenvalue weighted by atomic mass is 10.2. The molecule has 5 heteroatoms. The summed E-state index contributed by atoms with van der Waals surface area (Å²) >= 11 is 0. The molecule has 2 aliphatic rings. The highest BCUT2D eigenvalue weighted by Crippen LogP contribution is 2.21. The first kappa shape index (κ1) is 16.0. The largest absolute Gasteiger partial charge is 0.352 e. The second-order valence-electron chi connectivity index (χ2n) is 6.40. The van der Waals surface area contributed by atoms with E-state index in [0.29, 0.717) is 24.6 Å². The molecule has 3 rings (SSSR count). The third-order valence-electron chi connectivity index (χ3n) is 4.82. The Bertz CT molecular complexity index is 546. The molecule has 0 aliphatic carbocycles. The molecule has 2 heterocycles. The third kappa shape index (κ3) is 4.10. The van der Waals surface area contributed by atoms with Crippen LogP contribution in [0, 0.1) is 0 Å². The lowest BCUT2D eigenvalue weighted by Gasteiger charge is -2.25. The Balaban J connectivity index is 1.45. The highest BCUT2D eigenvalue weighted by molar-refractivity contribution is 5.94. The zero-order valence-electron chi connectivity index (χ0n) is 13.5. The average Bonchev–Trinajstić information content (AvgIpc) is 2.92. The quantitative estimate of drug-likeness (QED) is 0.916. The number of nitrogens with zero attached hydrogens (tertiary/aromatic N) is 2. The Morgan fingerprint density at radius 2 is 1.87 bits per heavy atom. The van der Waals surface area contributed by atoms with E-state index in [4.69, 9.17) is 0 Å². The summed E-state index contributed by atoms with van der Waals surface area (Å²) < 4.78 is 0. The number of nitrogens with one attached hydrogen (secondary N) is 1. The van der Waals surface area contributed by atoms with Gasteiger partial charge in [0.2, 0.25) is 5.91 Å². The minimum atomic E-state index is -0.115. The van der Waals surface area contributed by atoms with Crippen molar-refractivity contribution in [2.24, 2.45) is 0 Å². The van der Waals surface area contributed by atoms with Gasteiger partial charge in [-0.2, -0.15) is 0 Å². The molecule has 5 nitrogen and oxygen atoms in total. The van der Waals surface area contributed by atoms with E-state index in [1.807, 2.05) is 23.1 Å². The fraction of sp³-hybridized carbons (Fsp3) is 0.556. The molecule has 1 unspecified atom stereocenters. The van der Waals surface area contributed by atoms with Crippen LogP contribution in [-0.2, 0) is 4.79 Å². The fourth-order valence-corrected chi connectivity index (χ4v) is 3.57. The second-order valence-corrected chi connectivity index (χ2v) is 6.40. The maximum absolute atomic E-state index is 12.4. The molecular formula is C18H25N3O2. The van der Waals surface area contributed by atoms with E-state index in [2.05, 4.69) is 10.2 Å². The monoisotopic (exact) mass is 315 g/mol. The number of fused-ring (bicyclic) bond motifs is 1. The van der Waals surface area contributed by atoms with Crippen molar-refractivity contribution in [3.63, 3.8) is 0 Å². The Kier molecular flexibility index (Phi) is 5.28. The Hall–Kier alpha value is -1.88. The fourth-order valence-electron chi connectivity index (χ4n) is 3.57. The van der Waals surface area contributed by atoms with Crippen molar-refractivity contribution >= 4 is 11.8 Å². The van der Waals surface area contributed by atoms with Crippen LogP contribution in [0.5, 0.6) is 0 Å². The molecule has 0 bridgehead atoms. The van der Waals surface area contributed by atoms with E-state index in [-0.39, 0.29) is 11.8 Å². The van der Waals surface area contributed by atoms with Gasteiger partial charge in [0.05, 0.1) is 0 Å². The van der Waals surface area contributed by atoms with Crippen molar-refractivity contribution in [2.45, 2.75) is 31.7 Å². The second kappa shape index (κ2) is 7.59. The van der Waals surface area contributed by atoms with Crippen LogP contribution in [0.25, 0.3) is 0 Å². The van der Waals surface area contributed by atoms with Crippen LogP contribution >= 0.6 is 0 Å². The number of carbonyl (C=O) groups is 2. The molecule has 0 saturated carbocycles. The SMILES string of the molecule is O=C(NCCC(=O)N1CCCN2CCCC2C1)c1ccccc1. The zero-order chi connectivity index (χ0) is 16.1. The summed E-state index contributed by atoms with van der Waals surface area (Å²) in [7, 11) is 0. The van der Waals surface area contributed by atoms with E-state index in [9.17, 15) is 9.59 Å². The van der Waals surface area contributed by atoms with E-state index in [0.717, 1.165) is 26.1 Å². The minimum absolute atomic E-state index is 0.115. The predicted molar refractivity (Wildman–Crippen MR) is 89.2 cm³/mol. The molecule has 0 aromatic heterocycles. The van der Waals surface area contributed by atoms with Gasteiger partial charge in [-0.1, -0.05) is 18.2 Å². The molecule has 124 valence electrons. The minimum Gasteiger partial charge on any atom is -0.352 e. The third-order valence-corrected chi connectivity index (χ3v) is 4.82. The van der Waals surface area contributed by atoms with Crippen molar-refractivity contribution < 1.29 is 9.59 Å². The summed E-state index contributed by atoms with van der Waals surface area (Å²) in [6, 6.07) is 9.66. The first-order valence-electron chi connectivity index (χ1n) is 8.59. The summed E-state index contributed by atoms with van der Waals surface area (Å²) in [4.78, 5) is 28.9. The Morgan fingerprint density at radius 3 is 2.70 bits per heavy atom. The molecular weight excluding hydrogens is 290 g/mol. The first-order valence-corrected chi connectivity index (χ1v) is 8.59. The highest BCUT2D eigenvalue weighted by atomic mass is 16.2. The number of hydrogen-bond acceptors (Lipinski definition) is 3. The van der Waals surface area contributed by atoms with Gasteiger partial charge in [0.1, 0.15) is 0 Å². The van der Waals surface area contributed by atoms with Crippen molar-refractivity contribution in [1.29, 1.82) is 0 Å². The number of rotatable bonds is 4. The smallest absolute Gasteiger partial charge is 0.251 e. The molecule has 2 aliphatic heterocycles. The van der Waals surface area contributed by atoms with Crippen molar-refractivity contribution in [2.75, 3.05) is 32.7 Å². The summed E-state index contributed by atoms with van der Waals surface area (Å²) in [5, 5.41) is 2.83. The summed E-state index contributed by atoms with van der Waals surface area (Å²) in [6.07, 6.45) is 3.89. The molecule has 2 fully saturated rings. The molecule has 1 N–H and O–H groups in total. The van der Waals surface area contributed by atoms with Crippen LogP contribution in [-0.4, -0.2) is 60.4 Å². The number of benzene rings is 1. The van der Waals surface area contributed by atoms with Crippen LogP contribution in [0.4, 0.5) is 0 Å². The van der Waals surface area contributed by atoms with Crippen LogP contribution in [0.2, 0.25) is 0 Å². The van der Waals surface area contributed by atoms with E-state index >= 15 is 0 Å². The van der Waals surface area contributed by atoms with Crippen LogP contribution < -0.4 is 5.32 Å². The number of hydrogen-bond donors (Lipinski definition) is 1. The topological polar surface area (TPSA) is 52.7 Å². The van der Waals surface area contributed by atoms with Crippen LogP contribution in [0.15, 0.2) is 30.3 Å². The van der Waals surface area contributed by atoms with Crippen molar-refractivity contribution in [3.8, 4) is 0 Å². The van der Waals surface area contributed by atoms with Gasteiger partial charge in [-0.3, -0.25) is 14.5 Å². The van der Waals surface area contributed by atoms with E-state index in [1.165, 1.54) is 19.4 Å². The van der Waals surface area contributed by atoms with Gasteiger partial charge in [0.25, 0.3) is 5.91 Å². The van der Waals surface area contributed by atoms with Crippen molar-refractivity contribution in [1.82, 2.24) is 15.1 Å². The molecule has 0 radical (unpaired) electrons. The van der Waals surface area contributed by atoms with Gasteiger partial charge in [0, 0.05) is 44.2 Å². The van der Waals surface area contributed by atoms with Crippen LogP contribution in [0.1, 0.15) is 36.0 Å². The zero-order valence-corrected chi connectivity index (χ0v) is 13.5. The molecule has 0 spiro atoms. The molecule has 1 aromatic carbocycles. The summed E-state index contributed by atoms with van der Waals surface area (Å²) in [5.41, 5.74) is 0.635. The Morgan fingerprint density at radius 1 is 1.09 bits per heavy atom. The van der Waals surface area contributed by atoms with Crippen molar-refractivity contribution in [3.05, 3.63) is 35.9 Å². The molecule has 1 atom stereocenters. The Labute approximate surface area is 137 Å². The normalized spacial score (nSPS) is 21.6. The molecule has 1 aromatic rings. The highest BCUT2D eigenvalue weighted by Gasteiger charge is 2.30. The van der Waals surface area contributed by atoms with Gasteiger partial charge in [-0.05, 0) is 37.9 Å². The summed E-state index contributed by atoms with van der Waals surface area (Å²) in [5.74, 6) is 0.0448. The molecule has 2 saturated heterocycles. The van der Waals surface area contributed by atoms with Gasteiger partial charge >= 0.3 is 0 Å². The molecule has 23 heavy (non-hydrogen) atoms. The summed E-state index contributed by atoms with van der Waals surface area (Å²) in [6.45, 7) is 4.39. The van der Waals surface area contributed by atoms with E-state index < -0.39 is 0 Å². The van der Waals surface area contributed by atoms with E-state index in [1.54, 1.807) is 12.1 Å². The maximum atomic E-state index is 12.4. The average molecular weight is 315 g/mol. The van der Waals surface area contributed by atoms with Gasteiger partial charge in [-0.25, -0.2) is 0 Å². The lowest BCUT2D eigenvalue weighted by molar-refractivity contribution is -0.131. The van der Waals surface area contributed by atoms with Crippen LogP contribution in [0.3, 0.4) is 0 Å². The number of carbonyl (C=O) groups excluding carboxylic acids is 2. The van der Waals surface area contributed by atoms with Gasteiger partial charge < -0.3 is 10.2 Å². The lowest BCUT2D eigenvalue weighted by Crippen LogP contribution is -2.40.